The molecule has 1 saturated heterocycles. The van der Waals surface area contributed by atoms with Gasteiger partial charge >= 0.3 is 0 Å². The fraction of sp³-hybridized carbons (Fsp3) is 0.429. The van der Waals surface area contributed by atoms with E-state index in [0.29, 0.717) is 17.2 Å². The van der Waals surface area contributed by atoms with Crippen molar-refractivity contribution in [2.45, 2.75) is 4.90 Å². The van der Waals surface area contributed by atoms with Crippen LogP contribution < -0.4 is 10.1 Å². The normalized spacial score (nSPS) is 21.4. The van der Waals surface area contributed by atoms with Crippen LogP contribution in [0.5, 0.6) is 5.75 Å². The number of rotatable bonds is 3. The van der Waals surface area contributed by atoms with Crippen LogP contribution in [0.2, 0.25) is 0 Å². The summed E-state index contributed by atoms with van der Waals surface area (Å²) in [4.78, 5) is 2.66. The van der Waals surface area contributed by atoms with Gasteiger partial charge in [0.05, 0.1) is 12.0 Å². The van der Waals surface area contributed by atoms with Crippen LogP contribution in [0.1, 0.15) is 5.56 Å². The predicted octanol–water partition coefficient (Wildman–Crippen LogP) is 0.729. The number of nitrogens with one attached hydrogen (secondary N) is 1. The summed E-state index contributed by atoms with van der Waals surface area (Å²) in [5, 5.41) is 4.70. The maximum absolute atomic E-state index is 12.2. The first-order chi connectivity index (χ1) is 9.60. The van der Waals surface area contributed by atoms with Crippen LogP contribution in [0.4, 0.5) is 0 Å². The number of benzene rings is 1. The van der Waals surface area contributed by atoms with Crippen molar-refractivity contribution in [1.82, 2.24) is 10.2 Å². The SMILES string of the molecule is COc1ccc2c(c1)C(CN1CCNCC1)=CS2(=O)=O. The largest absolute Gasteiger partial charge is 0.497 e. The fourth-order valence-electron chi connectivity index (χ4n) is 2.68. The van der Waals surface area contributed by atoms with Crippen molar-refractivity contribution in [2.24, 2.45) is 0 Å². The molecule has 0 atom stereocenters. The molecular formula is C14H18N2O3S. The smallest absolute Gasteiger partial charge is 0.200 e. The second kappa shape index (κ2) is 5.20. The van der Waals surface area contributed by atoms with E-state index in [4.69, 9.17) is 4.74 Å². The van der Waals surface area contributed by atoms with E-state index in [0.717, 1.165) is 37.3 Å². The lowest BCUT2D eigenvalue weighted by Crippen LogP contribution is -2.43. The van der Waals surface area contributed by atoms with Crippen LogP contribution in [-0.2, 0) is 9.84 Å². The Labute approximate surface area is 119 Å². The number of fused-ring (bicyclic) bond motifs is 1. The molecule has 2 heterocycles. The van der Waals surface area contributed by atoms with E-state index in [2.05, 4.69) is 10.2 Å². The number of sulfone groups is 1. The molecule has 108 valence electrons. The van der Waals surface area contributed by atoms with E-state index in [1.165, 1.54) is 5.41 Å². The number of methoxy groups -OCH3 is 1. The Morgan fingerprint density at radius 1 is 1.30 bits per heavy atom. The first kappa shape index (κ1) is 13.6. The van der Waals surface area contributed by atoms with E-state index in [9.17, 15) is 8.42 Å². The highest BCUT2D eigenvalue weighted by molar-refractivity contribution is 7.95. The molecule has 0 aliphatic carbocycles. The topological polar surface area (TPSA) is 58.6 Å². The molecule has 1 N–H and O–H groups in total. The zero-order valence-electron chi connectivity index (χ0n) is 11.4. The number of ether oxygens (including phenoxy) is 1. The van der Waals surface area contributed by atoms with E-state index in [1.54, 1.807) is 19.2 Å². The Kier molecular flexibility index (Phi) is 3.54. The predicted molar refractivity (Wildman–Crippen MR) is 77.5 cm³/mol. The van der Waals surface area contributed by atoms with E-state index >= 15 is 0 Å². The Balaban J connectivity index is 1.93. The summed E-state index contributed by atoms with van der Waals surface area (Å²) in [5.74, 6) is 0.687. The maximum atomic E-state index is 12.2. The van der Waals surface area contributed by atoms with Gasteiger partial charge in [-0.25, -0.2) is 8.42 Å². The molecule has 3 rings (SSSR count). The molecule has 20 heavy (non-hydrogen) atoms. The average molecular weight is 294 g/mol. The highest BCUT2D eigenvalue weighted by Gasteiger charge is 2.28. The minimum atomic E-state index is -3.29. The van der Waals surface area contributed by atoms with Gasteiger partial charge < -0.3 is 10.1 Å². The fourth-order valence-corrected chi connectivity index (χ4v) is 4.14. The van der Waals surface area contributed by atoms with Gasteiger partial charge in [0.25, 0.3) is 0 Å². The number of hydrogen-bond donors (Lipinski definition) is 1. The lowest BCUT2D eigenvalue weighted by atomic mass is 10.1. The molecule has 0 spiro atoms. The second-order valence-corrected chi connectivity index (χ2v) is 6.84. The van der Waals surface area contributed by atoms with E-state index in [1.807, 2.05) is 6.07 Å². The summed E-state index contributed by atoms with van der Waals surface area (Å²) in [6.07, 6.45) is 0. The lowest BCUT2D eigenvalue weighted by Gasteiger charge is -2.27. The van der Waals surface area contributed by atoms with Gasteiger partial charge in [0.1, 0.15) is 5.75 Å². The molecular weight excluding hydrogens is 276 g/mol. The van der Waals surface area contributed by atoms with Gasteiger partial charge in [-0.15, -0.1) is 0 Å². The molecule has 0 amide bonds. The van der Waals surface area contributed by atoms with Gasteiger partial charge in [-0.1, -0.05) is 0 Å². The minimum absolute atomic E-state index is 0.392. The third kappa shape index (κ3) is 2.46. The van der Waals surface area contributed by atoms with Crippen LogP contribution >= 0.6 is 0 Å². The van der Waals surface area contributed by atoms with Crippen molar-refractivity contribution >= 4 is 15.4 Å². The second-order valence-electron chi connectivity index (χ2n) is 5.08. The van der Waals surface area contributed by atoms with Crippen LogP contribution in [0.25, 0.3) is 5.57 Å². The molecule has 2 aliphatic heterocycles. The van der Waals surface area contributed by atoms with E-state index in [-0.39, 0.29) is 0 Å². The summed E-state index contributed by atoms with van der Waals surface area (Å²) < 4.78 is 29.5. The highest BCUT2D eigenvalue weighted by atomic mass is 32.2. The van der Waals surface area contributed by atoms with Gasteiger partial charge in [-0.3, -0.25) is 4.90 Å². The first-order valence-corrected chi connectivity index (χ1v) is 8.22. The molecule has 0 radical (unpaired) electrons. The summed E-state index contributed by atoms with van der Waals surface area (Å²) in [5.41, 5.74) is 1.64. The Bertz CT molecular complexity index is 646. The van der Waals surface area contributed by atoms with Crippen LogP contribution in [0.15, 0.2) is 28.5 Å². The third-order valence-corrected chi connectivity index (χ3v) is 5.30. The number of piperazine rings is 1. The Morgan fingerprint density at radius 3 is 2.75 bits per heavy atom. The Hall–Kier alpha value is -1.37. The van der Waals surface area contributed by atoms with Gasteiger partial charge in [-0.05, 0) is 23.8 Å². The van der Waals surface area contributed by atoms with Gasteiger partial charge in [-0.2, -0.15) is 0 Å². The summed E-state index contributed by atoms with van der Waals surface area (Å²) >= 11 is 0. The monoisotopic (exact) mass is 294 g/mol. The maximum Gasteiger partial charge on any atom is 0.200 e. The van der Waals surface area contributed by atoms with Crippen molar-refractivity contribution < 1.29 is 13.2 Å². The molecule has 1 aromatic carbocycles. The molecule has 5 nitrogen and oxygen atoms in total. The van der Waals surface area contributed by atoms with Crippen LogP contribution in [-0.4, -0.2) is 53.2 Å². The molecule has 1 fully saturated rings. The molecule has 0 aromatic heterocycles. The zero-order valence-corrected chi connectivity index (χ0v) is 12.2. The molecule has 1 aromatic rings. The zero-order chi connectivity index (χ0) is 14.2. The molecule has 0 bridgehead atoms. The van der Waals surface area contributed by atoms with Gasteiger partial charge in [0.2, 0.25) is 9.84 Å². The number of nitrogens with zero attached hydrogens (tertiary/aromatic N) is 1. The minimum Gasteiger partial charge on any atom is -0.497 e. The summed E-state index contributed by atoms with van der Waals surface area (Å²) in [7, 11) is -1.70. The van der Waals surface area contributed by atoms with Crippen molar-refractivity contribution in [3.05, 3.63) is 29.2 Å². The van der Waals surface area contributed by atoms with Crippen LogP contribution in [0.3, 0.4) is 0 Å². The quantitative estimate of drug-likeness (QED) is 0.890. The van der Waals surface area contributed by atoms with Crippen molar-refractivity contribution in [2.75, 3.05) is 39.8 Å². The molecule has 0 saturated carbocycles. The molecule has 2 aliphatic rings. The highest BCUT2D eigenvalue weighted by Crippen LogP contribution is 2.36. The van der Waals surface area contributed by atoms with Gasteiger partial charge in [0, 0.05) is 43.7 Å². The lowest BCUT2D eigenvalue weighted by molar-refractivity contribution is 0.268. The molecule has 6 heteroatoms. The van der Waals surface area contributed by atoms with Crippen LogP contribution in [0, 0.1) is 0 Å². The standard InChI is InChI=1S/C14H18N2O3S/c1-19-12-2-3-14-13(8-12)11(10-20(14,17)18)9-16-6-4-15-5-7-16/h2-3,8,10,15H,4-7,9H2,1H3. The van der Waals surface area contributed by atoms with Crippen molar-refractivity contribution in [1.29, 1.82) is 0 Å². The van der Waals surface area contributed by atoms with E-state index < -0.39 is 9.84 Å². The third-order valence-electron chi connectivity index (χ3n) is 3.74. The average Bonchev–Trinajstić information content (AvgIpc) is 2.71. The van der Waals surface area contributed by atoms with Crippen molar-refractivity contribution in [3.8, 4) is 5.75 Å². The number of hydrogen-bond acceptors (Lipinski definition) is 5. The van der Waals surface area contributed by atoms with Gasteiger partial charge in [0.15, 0.2) is 0 Å². The Morgan fingerprint density at radius 2 is 2.05 bits per heavy atom. The molecule has 0 unspecified atom stereocenters. The van der Waals surface area contributed by atoms with Crippen molar-refractivity contribution in [3.63, 3.8) is 0 Å². The summed E-state index contributed by atoms with van der Waals surface area (Å²) in [6, 6.07) is 5.14. The summed E-state index contributed by atoms with van der Waals surface area (Å²) in [6.45, 7) is 4.45. The first-order valence-electron chi connectivity index (χ1n) is 6.67.